The molecule has 110 valence electrons. The first kappa shape index (κ1) is 15.4. The van der Waals surface area contributed by atoms with Gasteiger partial charge in [-0.2, -0.15) is 0 Å². The van der Waals surface area contributed by atoms with Crippen molar-refractivity contribution < 1.29 is 4.92 Å². The molecule has 0 radical (unpaired) electrons. The van der Waals surface area contributed by atoms with Gasteiger partial charge in [0.05, 0.1) is 9.40 Å². The molecule has 1 aliphatic heterocycles. The first-order valence-electron chi connectivity index (χ1n) is 6.82. The van der Waals surface area contributed by atoms with Crippen LogP contribution in [-0.2, 0) is 6.54 Å². The van der Waals surface area contributed by atoms with Crippen LogP contribution in [0, 0.1) is 16.0 Å². The zero-order valence-electron chi connectivity index (χ0n) is 11.8. The van der Waals surface area contributed by atoms with Gasteiger partial charge in [0.15, 0.2) is 0 Å². The van der Waals surface area contributed by atoms with E-state index < -0.39 is 0 Å². The largest absolute Gasteiger partial charge is 0.310 e. The van der Waals surface area contributed by atoms with E-state index in [4.69, 9.17) is 0 Å². The smallest absolute Gasteiger partial charge is 0.283 e. The first-order chi connectivity index (χ1) is 9.49. The second kappa shape index (κ2) is 6.65. The summed E-state index contributed by atoms with van der Waals surface area (Å²) in [6.07, 6.45) is 1.12. The van der Waals surface area contributed by atoms with Gasteiger partial charge >= 0.3 is 0 Å². The summed E-state index contributed by atoms with van der Waals surface area (Å²) >= 11 is 3.34. The van der Waals surface area contributed by atoms with Gasteiger partial charge in [0, 0.05) is 25.2 Å². The molecule has 2 unspecified atom stereocenters. The third kappa shape index (κ3) is 3.56. The lowest BCUT2D eigenvalue weighted by Crippen LogP contribution is -2.46. The molecule has 2 rings (SSSR count). The molecule has 1 aromatic carbocycles. The maximum atomic E-state index is 10.9. The Bertz CT molecular complexity index is 495. The molecule has 0 spiro atoms. The topological polar surface area (TPSA) is 58.4 Å². The molecule has 1 saturated heterocycles. The molecule has 5 nitrogen and oxygen atoms in total. The predicted molar refractivity (Wildman–Crippen MR) is 82.7 cm³/mol. The van der Waals surface area contributed by atoms with Gasteiger partial charge in [-0.3, -0.25) is 10.1 Å². The van der Waals surface area contributed by atoms with Crippen molar-refractivity contribution in [2.75, 3.05) is 20.1 Å². The van der Waals surface area contributed by atoms with Gasteiger partial charge in [-0.15, -0.1) is 0 Å². The number of halogens is 1. The average molecular weight is 342 g/mol. The number of nitrogens with one attached hydrogen (secondary N) is 1. The van der Waals surface area contributed by atoms with Crippen LogP contribution >= 0.6 is 15.9 Å². The fraction of sp³-hybridized carbons (Fsp3) is 0.571. The summed E-state index contributed by atoms with van der Waals surface area (Å²) in [5, 5.41) is 14.5. The van der Waals surface area contributed by atoms with Crippen LogP contribution in [0.15, 0.2) is 22.7 Å². The van der Waals surface area contributed by atoms with Crippen LogP contribution in [0.3, 0.4) is 0 Å². The molecule has 0 amide bonds. The third-order valence-electron chi connectivity index (χ3n) is 3.92. The number of nitrogens with zero attached hydrogens (tertiary/aromatic N) is 2. The maximum Gasteiger partial charge on any atom is 0.283 e. The zero-order valence-corrected chi connectivity index (χ0v) is 13.4. The van der Waals surface area contributed by atoms with Gasteiger partial charge < -0.3 is 10.2 Å². The molecule has 6 heteroatoms. The number of likely N-dealkylation sites (tertiary alicyclic amines) is 1. The zero-order chi connectivity index (χ0) is 14.7. The van der Waals surface area contributed by atoms with E-state index >= 15 is 0 Å². The molecule has 1 fully saturated rings. The molecule has 2 atom stereocenters. The van der Waals surface area contributed by atoms with E-state index in [-0.39, 0.29) is 10.6 Å². The average Bonchev–Trinajstić information content (AvgIpc) is 2.39. The molecule has 0 aliphatic carbocycles. The summed E-state index contributed by atoms with van der Waals surface area (Å²) < 4.78 is 0.582. The summed E-state index contributed by atoms with van der Waals surface area (Å²) in [7, 11) is 2.14. The van der Waals surface area contributed by atoms with Crippen molar-refractivity contribution in [3.05, 3.63) is 38.3 Å². The molecule has 1 aromatic rings. The summed E-state index contributed by atoms with van der Waals surface area (Å²) in [5.41, 5.74) is 1.06. The highest BCUT2D eigenvalue weighted by Crippen LogP contribution is 2.28. The second-order valence-electron chi connectivity index (χ2n) is 5.52. The van der Waals surface area contributed by atoms with Crippen LogP contribution in [0.1, 0.15) is 18.9 Å². The van der Waals surface area contributed by atoms with Crippen molar-refractivity contribution in [2.45, 2.75) is 25.9 Å². The SMILES string of the molecule is CC1CN(C)CCC1NCc1cccc([N+](=O)[O-])c1Br. The number of nitro groups is 1. The van der Waals surface area contributed by atoms with Crippen LogP contribution in [0.2, 0.25) is 0 Å². The number of piperidine rings is 1. The molecule has 1 aliphatic rings. The van der Waals surface area contributed by atoms with E-state index in [1.807, 2.05) is 6.07 Å². The molecule has 0 bridgehead atoms. The Balaban J connectivity index is 2.01. The van der Waals surface area contributed by atoms with Crippen molar-refractivity contribution in [3.8, 4) is 0 Å². The van der Waals surface area contributed by atoms with E-state index in [1.165, 1.54) is 6.07 Å². The van der Waals surface area contributed by atoms with Crippen LogP contribution in [0.5, 0.6) is 0 Å². The molecule has 1 heterocycles. The van der Waals surface area contributed by atoms with Crippen LogP contribution in [0.25, 0.3) is 0 Å². The van der Waals surface area contributed by atoms with Crippen molar-refractivity contribution >= 4 is 21.6 Å². The highest BCUT2D eigenvalue weighted by atomic mass is 79.9. The molecule has 0 aromatic heterocycles. The highest BCUT2D eigenvalue weighted by Gasteiger charge is 2.24. The van der Waals surface area contributed by atoms with Gasteiger partial charge in [-0.05, 0) is 47.4 Å². The number of benzene rings is 1. The Labute approximate surface area is 127 Å². The van der Waals surface area contributed by atoms with Crippen molar-refractivity contribution in [1.82, 2.24) is 10.2 Å². The molecular formula is C14H20BrN3O2. The molecule has 1 N–H and O–H groups in total. The number of rotatable bonds is 4. The Hall–Kier alpha value is -0.980. The van der Waals surface area contributed by atoms with Crippen molar-refractivity contribution in [2.24, 2.45) is 5.92 Å². The number of hydrogen-bond donors (Lipinski definition) is 1. The van der Waals surface area contributed by atoms with E-state index in [0.717, 1.165) is 25.1 Å². The Morgan fingerprint density at radius 3 is 2.95 bits per heavy atom. The quantitative estimate of drug-likeness (QED) is 0.675. The number of nitro benzene ring substituents is 1. The lowest BCUT2D eigenvalue weighted by molar-refractivity contribution is -0.385. The van der Waals surface area contributed by atoms with Gasteiger partial charge in [0.2, 0.25) is 0 Å². The second-order valence-corrected chi connectivity index (χ2v) is 6.32. The standard InChI is InChI=1S/C14H20BrN3O2/c1-10-9-17(2)7-6-12(10)16-8-11-4-3-5-13(14(11)15)18(19)20/h3-5,10,12,16H,6-9H2,1-2H3. The summed E-state index contributed by atoms with van der Waals surface area (Å²) in [5.74, 6) is 0.589. The van der Waals surface area contributed by atoms with Crippen LogP contribution in [-0.4, -0.2) is 36.0 Å². The Morgan fingerprint density at radius 2 is 2.30 bits per heavy atom. The van der Waals surface area contributed by atoms with E-state index in [2.05, 4.69) is 40.1 Å². The summed E-state index contributed by atoms with van der Waals surface area (Å²) in [6, 6.07) is 5.64. The highest BCUT2D eigenvalue weighted by molar-refractivity contribution is 9.10. The summed E-state index contributed by atoms with van der Waals surface area (Å²) in [4.78, 5) is 12.9. The van der Waals surface area contributed by atoms with Gasteiger partial charge in [0.1, 0.15) is 0 Å². The van der Waals surface area contributed by atoms with Gasteiger partial charge in [-0.25, -0.2) is 0 Å². The lowest BCUT2D eigenvalue weighted by atomic mass is 9.94. The molecule has 20 heavy (non-hydrogen) atoms. The first-order valence-corrected chi connectivity index (χ1v) is 7.62. The van der Waals surface area contributed by atoms with E-state index in [1.54, 1.807) is 6.07 Å². The fourth-order valence-corrected chi connectivity index (χ4v) is 3.29. The van der Waals surface area contributed by atoms with Crippen LogP contribution < -0.4 is 5.32 Å². The van der Waals surface area contributed by atoms with Crippen molar-refractivity contribution in [3.63, 3.8) is 0 Å². The van der Waals surface area contributed by atoms with E-state index in [9.17, 15) is 10.1 Å². The fourth-order valence-electron chi connectivity index (χ4n) is 2.74. The minimum absolute atomic E-state index is 0.126. The monoisotopic (exact) mass is 341 g/mol. The van der Waals surface area contributed by atoms with Gasteiger partial charge in [0.25, 0.3) is 5.69 Å². The van der Waals surface area contributed by atoms with Crippen LogP contribution in [0.4, 0.5) is 5.69 Å². The normalized spacial score (nSPS) is 23.8. The predicted octanol–water partition coefficient (Wildman–Crippen LogP) is 2.79. The lowest BCUT2D eigenvalue weighted by Gasteiger charge is -2.35. The minimum Gasteiger partial charge on any atom is -0.310 e. The summed E-state index contributed by atoms with van der Waals surface area (Å²) in [6.45, 7) is 5.09. The molecule has 0 saturated carbocycles. The minimum atomic E-state index is -0.355. The maximum absolute atomic E-state index is 10.9. The Kier molecular flexibility index (Phi) is 5.12. The molecular weight excluding hydrogens is 322 g/mol. The Morgan fingerprint density at radius 1 is 1.55 bits per heavy atom. The number of hydrogen-bond acceptors (Lipinski definition) is 4. The van der Waals surface area contributed by atoms with Gasteiger partial charge in [-0.1, -0.05) is 19.1 Å². The van der Waals surface area contributed by atoms with Crippen molar-refractivity contribution in [1.29, 1.82) is 0 Å². The third-order valence-corrected chi connectivity index (χ3v) is 4.83. The van der Waals surface area contributed by atoms with E-state index in [0.29, 0.717) is 23.0 Å².